The minimum Gasteiger partial charge on any atom is -0.350 e. The molecule has 0 radical (unpaired) electrons. The van der Waals surface area contributed by atoms with E-state index in [4.69, 9.17) is 11.6 Å². The van der Waals surface area contributed by atoms with Gasteiger partial charge in [-0.25, -0.2) is 18.4 Å². The molecule has 1 aromatic heterocycles. The summed E-state index contributed by atoms with van der Waals surface area (Å²) in [4.78, 5) is 19.2. The van der Waals surface area contributed by atoms with Gasteiger partial charge in [0.1, 0.15) is 6.33 Å². The first-order valence-electron chi connectivity index (χ1n) is 5.40. The average molecular weight is 307 g/mol. The van der Waals surface area contributed by atoms with E-state index < -0.39 is 20.4 Å². The summed E-state index contributed by atoms with van der Waals surface area (Å²) in [6, 6.07) is -0.338. The summed E-state index contributed by atoms with van der Waals surface area (Å²) < 4.78 is 22.9. The molecule has 0 bridgehead atoms. The lowest BCUT2D eigenvalue weighted by Crippen LogP contribution is -2.33. The predicted octanol–water partition coefficient (Wildman–Crippen LogP) is 0.661. The zero-order valence-corrected chi connectivity index (χ0v) is 11.6. The molecule has 2 heterocycles. The van der Waals surface area contributed by atoms with E-state index in [1.165, 1.54) is 4.90 Å². The first kappa shape index (κ1) is 13.9. The summed E-state index contributed by atoms with van der Waals surface area (Å²) in [5.74, 6) is 0.0729. The first-order valence-corrected chi connectivity index (χ1v) is 7.60. The zero-order chi connectivity index (χ0) is 14.2. The molecule has 8 nitrogen and oxygen atoms in total. The highest BCUT2D eigenvalue weighted by Crippen LogP contribution is 2.33. The van der Waals surface area contributed by atoms with Gasteiger partial charge in [-0.2, -0.15) is 0 Å². The highest BCUT2D eigenvalue weighted by molar-refractivity contribution is 7.91. The van der Waals surface area contributed by atoms with E-state index in [1.807, 2.05) is 0 Å². The summed E-state index contributed by atoms with van der Waals surface area (Å²) in [7, 11) is -1.51. The van der Waals surface area contributed by atoms with E-state index in [2.05, 4.69) is 9.97 Å². The topological polar surface area (TPSA) is 106 Å². The van der Waals surface area contributed by atoms with Gasteiger partial charge in [-0.05, 0) is 6.42 Å². The summed E-state index contributed by atoms with van der Waals surface area (Å²) >= 11 is 5.69. The third-order valence-electron chi connectivity index (χ3n) is 3.03. The molecule has 0 aliphatic carbocycles. The molecule has 1 saturated heterocycles. The third-order valence-corrected chi connectivity index (χ3v) is 5.06. The molecule has 0 spiro atoms. The second-order valence-electron chi connectivity index (χ2n) is 4.26. The number of nitro groups is 1. The lowest BCUT2D eigenvalue weighted by Gasteiger charge is -2.23. The Morgan fingerprint density at radius 2 is 2.21 bits per heavy atom. The fraction of sp³-hybridized carbons (Fsp3) is 0.556. The minimum atomic E-state index is -3.08. The molecule has 0 amide bonds. The molecule has 0 aromatic carbocycles. The Kier molecular flexibility index (Phi) is 3.59. The van der Waals surface area contributed by atoms with Crippen LogP contribution in [0, 0.1) is 10.1 Å². The van der Waals surface area contributed by atoms with Gasteiger partial charge >= 0.3 is 5.69 Å². The Balaban J connectivity index is 2.37. The number of sulfone groups is 1. The monoisotopic (exact) mass is 306 g/mol. The summed E-state index contributed by atoms with van der Waals surface area (Å²) in [5.41, 5.74) is -0.407. The van der Waals surface area contributed by atoms with E-state index in [0.717, 1.165) is 6.33 Å². The molecule has 1 atom stereocenters. The van der Waals surface area contributed by atoms with Crippen LogP contribution in [0.25, 0.3) is 0 Å². The van der Waals surface area contributed by atoms with E-state index >= 15 is 0 Å². The Labute approximate surface area is 114 Å². The molecule has 10 heteroatoms. The standard InChI is InChI=1S/C9H11ClN4O4S/c1-13(6-2-3-19(17,18)4-6)9-7(14(15)16)8(10)11-5-12-9/h5-6H,2-4H2,1H3. The molecule has 1 aliphatic rings. The van der Waals surface area contributed by atoms with Gasteiger partial charge in [0.05, 0.1) is 16.4 Å². The van der Waals surface area contributed by atoms with Crippen LogP contribution in [0.15, 0.2) is 6.33 Å². The van der Waals surface area contributed by atoms with Gasteiger partial charge in [-0.15, -0.1) is 0 Å². The molecule has 1 fully saturated rings. The quantitative estimate of drug-likeness (QED) is 0.458. The average Bonchev–Trinajstić information content (AvgIpc) is 2.68. The van der Waals surface area contributed by atoms with Crippen LogP contribution in [0.3, 0.4) is 0 Å². The van der Waals surface area contributed by atoms with Crippen molar-refractivity contribution in [3.05, 3.63) is 21.6 Å². The van der Waals surface area contributed by atoms with E-state index in [9.17, 15) is 18.5 Å². The van der Waals surface area contributed by atoms with Gasteiger partial charge in [0.2, 0.25) is 11.0 Å². The lowest BCUT2D eigenvalue weighted by molar-refractivity contribution is -0.384. The van der Waals surface area contributed by atoms with Gasteiger partial charge in [0.15, 0.2) is 9.84 Å². The SMILES string of the molecule is CN(c1ncnc(Cl)c1[N+](=O)[O-])C1CCS(=O)(=O)C1. The number of rotatable bonds is 3. The van der Waals surface area contributed by atoms with Crippen molar-refractivity contribution in [1.82, 2.24) is 9.97 Å². The molecule has 1 aromatic rings. The summed E-state index contributed by atoms with van der Waals surface area (Å²) in [6.07, 6.45) is 1.53. The zero-order valence-electron chi connectivity index (χ0n) is 9.98. The molecule has 1 unspecified atom stereocenters. The van der Waals surface area contributed by atoms with Crippen molar-refractivity contribution >= 4 is 32.9 Å². The number of halogens is 1. The number of nitrogens with zero attached hydrogens (tertiary/aromatic N) is 4. The Hall–Kier alpha value is -1.48. The first-order chi connectivity index (χ1) is 8.82. The number of hydrogen-bond donors (Lipinski definition) is 0. The lowest BCUT2D eigenvalue weighted by atomic mass is 10.2. The summed E-state index contributed by atoms with van der Waals surface area (Å²) in [5, 5.41) is 10.7. The van der Waals surface area contributed by atoms with Gasteiger partial charge in [0, 0.05) is 13.1 Å². The van der Waals surface area contributed by atoms with E-state index in [-0.39, 0.29) is 28.5 Å². The van der Waals surface area contributed by atoms with Crippen LogP contribution in [-0.2, 0) is 9.84 Å². The van der Waals surface area contributed by atoms with Crippen LogP contribution in [0.5, 0.6) is 0 Å². The molecular formula is C9H11ClN4O4S. The Bertz CT molecular complexity index is 621. The fourth-order valence-corrected chi connectivity index (χ4v) is 3.99. The van der Waals surface area contributed by atoms with Crippen LogP contribution in [-0.4, -0.2) is 47.9 Å². The van der Waals surface area contributed by atoms with Crippen molar-refractivity contribution in [3.63, 3.8) is 0 Å². The van der Waals surface area contributed by atoms with Crippen LogP contribution in [0.1, 0.15) is 6.42 Å². The maximum Gasteiger partial charge on any atom is 0.348 e. The maximum atomic E-state index is 11.4. The van der Waals surface area contributed by atoms with Gasteiger partial charge in [0.25, 0.3) is 0 Å². The van der Waals surface area contributed by atoms with Crippen LogP contribution < -0.4 is 4.90 Å². The van der Waals surface area contributed by atoms with Crippen molar-refractivity contribution in [3.8, 4) is 0 Å². The fourth-order valence-electron chi connectivity index (χ4n) is 2.02. The summed E-state index contributed by atoms with van der Waals surface area (Å²) in [6.45, 7) is 0. The van der Waals surface area contributed by atoms with E-state index in [0.29, 0.717) is 6.42 Å². The molecule has 0 N–H and O–H groups in total. The van der Waals surface area contributed by atoms with Crippen LogP contribution in [0.2, 0.25) is 5.15 Å². The van der Waals surface area contributed by atoms with Crippen molar-refractivity contribution in [2.75, 3.05) is 23.5 Å². The molecule has 19 heavy (non-hydrogen) atoms. The maximum absolute atomic E-state index is 11.4. The van der Waals surface area contributed by atoms with Gasteiger partial charge < -0.3 is 4.90 Å². The van der Waals surface area contributed by atoms with Crippen LogP contribution >= 0.6 is 11.6 Å². The number of hydrogen-bond acceptors (Lipinski definition) is 7. The van der Waals surface area contributed by atoms with Gasteiger partial charge in [-0.3, -0.25) is 10.1 Å². The second-order valence-corrected chi connectivity index (χ2v) is 6.85. The number of anilines is 1. The minimum absolute atomic E-state index is 0.0344. The molecule has 1 aliphatic heterocycles. The van der Waals surface area contributed by atoms with Crippen molar-refractivity contribution in [2.45, 2.75) is 12.5 Å². The molecular weight excluding hydrogens is 296 g/mol. The predicted molar refractivity (Wildman–Crippen MR) is 69.2 cm³/mol. The van der Waals surface area contributed by atoms with Crippen LogP contribution in [0.4, 0.5) is 11.5 Å². The van der Waals surface area contributed by atoms with Crippen molar-refractivity contribution < 1.29 is 13.3 Å². The molecule has 2 rings (SSSR count). The Morgan fingerprint density at radius 1 is 1.53 bits per heavy atom. The van der Waals surface area contributed by atoms with E-state index in [1.54, 1.807) is 7.05 Å². The normalized spacial score (nSPS) is 21.3. The van der Waals surface area contributed by atoms with Crippen molar-refractivity contribution in [1.29, 1.82) is 0 Å². The van der Waals surface area contributed by atoms with Gasteiger partial charge in [-0.1, -0.05) is 11.6 Å². The molecule has 0 saturated carbocycles. The largest absolute Gasteiger partial charge is 0.350 e. The smallest absolute Gasteiger partial charge is 0.348 e. The highest BCUT2D eigenvalue weighted by Gasteiger charge is 2.34. The Morgan fingerprint density at radius 3 is 2.74 bits per heavy atom. The number of aromatic nitrogens is 2. The van der Waals surface area contributed by atoms with Crippen molar-refractivity contribution in [2.24, 2.45) is 0 Å². The molecule has 104 valence electrons. The third kappa shape index (κ3) is 2.76. The second kappa shape index (κ2) is 4.89. The highest BCUT2D eigenvalue weighted by atomic mass is 35.5.